The topological polar surface area (TPSA) is 55.4 Å². The Morgan fingerprint density at radius 3 is 2.41 bits per heavy atom. The fourth-order valence-electron chi connectivity index (χ4n) is 1.44. The molecule has 0 fully saturated rings. The standard InChI is InChI=1S/C12H14ClNO3/c1-8(15)14-11(12(16)17-2)7-9-3-5-10(13)6-4-9/h3-6,11H,7H2,1-2H3,(H,14,15)/t11-/m0/s1. The van der Waals surface area contributed by atoms with E-state index in [9.17, 15) is 9.59 Å². The second kappa shape index (κ2) is 6.25. The Bertz CT molecular complexity index is 403. The molecule has 0 radical (unpaired) electrons. The van der Waals surface area contributed by atoms with Gasteiger partial charge in [-0.1, -0.05) is 23.7 Å². The van der Waals surface area contributed by atoms with E-state index in [0.29, 0.717) is 11.4 Å². The monoisotopic (exact) mass is 255 g/mol. The van der Waals surface area contributed by atoms with Crippen molar-refractivity contribution in [2.45, 2.75) is 19.4 Å². The lowest BCUT2D eigenvalue weighted by molar-refractivity contribution is -0.144. The SMILES string of the molecule is COC(=O)[C@H](Cc1ccc(Cl)cc1)NC(C)=O. The maximum Gasteiger partial charge on any atom is 0.328 e. The predicted octanol–water partition coefficient (Wildman–Crippen LogP) is 1.56. The molecule has 0 aliphatic heterocycles. The van der Waals surface area contributed by atoms with E-state index in [4.69, 9.17) is 11.6 Å². The van der Waals surface area contributed by atoms with Crippen molar-refractivity contribution >= 4 is 23.5 Å². The van der Waals surface area contributed by atoms with Gasteiger partial charge in [-0.15, -0.1) is 0 Å². The number of hydrogen-bond donors (Lipinski definition) is 1. The van der Waals surface area contributed by atoms with Crippen LogP contribution >= 0.6 is 11.6 Å². The molecule has 0 saturated heterocycles. The van der Waals surface area contributed by atoms with Gasteiger partial charge >= 0.3 is 5.97 Å². The van der Waals surface area contributed by atoms with E-state index in [-0.39, 0.29) is 5.91 Å². The number of esters is 1. The number of benzene rings is 1. The summed E-state index contributed by atoms with van der Waals surface area (Å²) in [6, 6.07) is 6.41. The first-order valence-electron chi connectivity index (χ1n) is 5.12. The van der Waals surface area contributed by atoms with Gasteiger partial charge in [-0.05, 0) is 17.7 Å². The third-order valence-corrected chi connectivity index (χ3v) is 2.47. The largest absolute Gasteiger partial charge is 0.467 e. The van der Waals surface area contributed by atoms with Gasteiger partial charge in [0, 0.05) is 18.4 Å². The minimum absolute atomic E-state index is 0.269. The van der Waals surface area contributed by atoms with Crippen molar-refractivity contribution < 1.29 is 14.3 Å². The first-order valence-corrected chi connectivity index (χ1v) is 5.50. The van der Waals surface area contributed by atoms with Crippen LogP contribution in [-0.2, 0) is 20.7 Å². The molecule has 1 N–H and O–H groups in total. The number of amides is 1. The molecule has 0 unspecified atom stereocenters. The highest BCUT2D eigenvalue weighted by molar-refractivity contribution is 6.30. The van der Waals surface area contributed by atoms with Gasteiger partial charge in [0.15, 0.2) is 0 Å². The van der Waals surface area contributed by atoms with Crippen molar-refractivity contribution in [1.29, 1.82) is 0 Å². The second-order valence-electron chi connectivity index (χ2n) is 3.61. The number of ether oxygens (including phenoxy) is 1. The van der Waals surface area contributed by atoms with Crippen LogP contribution in [0.4, 0.5) is 0 Å². The molecule has 0 heterocycles. The lowest BCUT2D eigenvalue weighted by atomic mass is 10.1. The highest BCUT2D eigenvalue weighted by Gasteiger charge is 2.20. The number of carbonyl (C=O) groups is 2. The van der Waals surface area contributed by atoms with Crippen LogP contribution in [-0.4, -0.2) is 25.0 Å². The number of nitrogens with one attached hydrogen (secondary N) is 1. The maximum absolute atomic E-state index is 11.5. The third-order valence-electron chi connectivity index (χ3n) is 2.22. The van der Waals surface area contributed by atoms with Crippen LogP contribution in [0.2, 0.25) is 5.02 Å². The first kappa shape index (κ1) is 13.5. The Balaban J connectivity index is 2.75. The molecule has 1 rings (SSSR count). The van der Waals surface area contributed by atoms with Crippen LogP contribution in [0, 0.1) is 0 Å². The first-order chi connectivity index (χ1) is 8.02. The number of hydrogen-bond acceptors (Lipinski definition) is 3. The fourth-order valence-corrected chi connectivity index (χ4v) is 1.56. The Morgan fingerprint density at radius 1 is 1.35 bits per heavy atom. The molecule has 0 spiro atoms. The van der Waals surface area contributed by atoms with Gasteiger partial charge in [-0.2, -0.15) is 0 Å². The minimum atomic E-state index is -0.668. The summed E-state index contributed by atoms with van der Waals surface area (Å²) in [4.78, 5) is 22.4. The molecule has 0 saturated carbocycles. The van der Waals surface area contributed by atoms with E-state index in [1.165, 1.54) is 14.0 Å². The van der Waals surface area contributed by atoms with Crippen LogP contribution in [0.1, 0.15) is 12.5 Å². The molecule has 1 atom stereocenters. The minimum Gasteiger partial charge on any atom is -0.467 e. The van der Waals surface area contributed by atoms with Crippen molar-refractivity contribution in [3.8, 4) is 0 Å². The molecular formula is C12H14ClNO3. The van der Waals surface area contributed by atoms with Gasteiger partial charge in [0.1, 0.15) is 6.04 Å². The van der Waals surface area contributed by atoms with Gasteiger partial charge < -0.3 is 10.1 Å². The average molecular weight is 256 g/mol. The van der Waals surface area contributed by atoms with Crippen LogP contribution < -0.4 is 5.32 Å². The molecule has 92 valence electrons. The second-order valence-corrected chi connectivity index (χ2v) is 4.04. The highest BCUT2D eigenvalue weighted by Crippen LogP contribution is 2.11. The summed E-state index contributed by atoms with van der Waals surface area (Å²) in [6.45, 7) is 1.36. The Hall–Kier alpha value is -1.55. The molecule has 1 amide bonds. The average Bonchev–Trinajstić information content (AvgIpc) is 2.29. The van der Waals surface area contributed by atoms with Crippen molar-refractivity contribution in [3.63, 3.8) is 0 Å². The summed E-state index contributed by atoms with van der Waals surface area (Å²) in [5.41, 5.74) is 0.901. The molecule has 0 aliphatic carbocycles. The molecule has 0 aliphatic rings. The molecule has 4 nitrogen and oxygen atoms in total. The summed E-state index contributed by atoms with van der Waals surface area (Å²) in [5.74, 6) is -0.732. The van der Waals surface area contributed by atoms with E-state index < -0.39 is 12.0 Å². The molecule has 0 aromatic heterocycles. The van der Waals surface area contributed by atoms with E-state index in [1.54, 1.807) is 24.3 Å². The quantitative estimate of drug-likeness (QED) is 0.831. The summed E-state index contributed by atoms with van der Waals surface area (Å²) in [5, 5.41) is 3.17. The number of carbonyl (C=O) groups excluding carboxylic acids is 2. The number of halogens is 1. The lowest BCUT2D eigenvalue weighted by Gasteiger charge is -2.15. The molecule has 0 bridgehead atoms. The number of rotatable bonds is 4. The van der Waals surface area contributed by atoms with Gasteiger partial charge in [-0.3, -0.25) is 4.79 Å². The lowest BCUT2D eigenvalue weighted by Crippen LogP contribution is -2.41. The Morgan fingerprint density at radius 2 is 1.94 bits per heavy atom. The molecule has 5 heteroatoms. The molecule has 17 heavy (non-hydrogen) atoms. The smallest absolute Gasteiger partial charge is 0.328 e. The van der Waals surface area contributed by atoms with E-state index >= 15 is 0 Å². The normalized spacial score (nSPS) is 11.7. The van der Waals surface area contributed by atoms with E-state index in [1.807, 2.05) is 0 Å². The summed E-state index contributed by atoms with van der Waals surface area (Å²) < 4.78 is 4.63. The summed E-state index contributed by atoms with van der Waals surface area (Å²) >= 11 is 5.76. The number of methoxy groups -OCH3 is 1. The van der Waals surface area contributed by atoms with Crippen LogP contribution in [0.15, 0.2) is 24.3 Å². The van der Waals surface area contributed by atoms with Crippen molar-refractivity contribution in [2.75, 3.05) is 7.11 Å². The van der Waals surface area contributed by atoms with Crippen LogP contribution in [0.3, 0.4) is 0 Å². The zero-order valence-corrected chi connectivity index (χ0v) is 10.5. The molecule has 1 aromatic carbocycles. The maximum atomic E-state index is 11.5. The molecular weight excluding hydrogens is 242 g/mol. The summed E-state index contributed by atoms with van der Waals surface area (Å²) in [6.07, 6.45) is 0.378. The third kappa shape index (κ3) is 4.44. The Labute approximate surface area is 105 Å². The van der Waals surface area contributed by atoms with E-state index in [2.05, 4.69) is 10.1 Å². The van der Waals surface area contributed by atoms with Gasteiger partial charge in [-0.25, -0.2) is 4.79 Å². The van der Waals surface area contributed by atoms with Crippen LogP contribution in [0.5, 0.6) is 0 Å². The fraction of sp³-hybridized carbons (Fsp3) is 0.333. The predicted molar refractivity (Wildman–Crippen MR) is 64.8 cm³/mol. The van der Waals surface area contributed by atoms with Gasteiger partial charge in [0.05, 0.1) is 7.11 Å². The summed E-state index contributed by atoms with van der Waals surface area (Å²) in [7, 11) is 1.29. The zero-order chi connectivity index (χ0) is 12.8. The molecule has 1 aromatic rings. The van der Waals surface area contributed by atoms with Crippen molar-refractivity contribution in [2.24, 2.45) is 0 Å². The highest BCUT2D eigenvalue weighted by atomic mass is 35.5. The van der Waals surface area contributed by atoms with Crippen molar-refractivity contribution in [3.05, 3.63) is 34.9 Å². The van der Waals surface area contributed by atoms with Gasteiger partial charge in [0.25, 0.3) is 0 Å². The van der Waals surface area contributed by atoms with Crippen molar-refractivity contribution in [1.82, 2.24) is 5.32 Å². The van der Waals surface area contributed by atoms with Crippen LogP contribution in [0.25, 0.3) is 0 Å². The zero-order valence-electron chi connectivity index (χ0n) is 9.70. The Kier molecular flexibility index (Phi) is 4.97. The van der Waals surface area contributed by atoms with E-state index in [0.717, 1.165) is 5.56 Å². The van der Waals surface area contributed by atoms with Gasteiger partial charge in [0.2, 0.25) is 5.91 Å².